The maximum atomic E-state index is 12.8. The van der Waals surface area contributed by atoms with Crippen molar-refractivity contribution in [3.8, 4) is 0 Å². The molecule has 0 radical (unpaired) electrons. The summed E-state index contributed by atoms with van der Waals surface area (Å²) in [5.41, 5.74) is 0.979. The molecule has 0 bridgehead atoms. The van der Waals surface area contributed by atoms with Crippen LogP contribution in [-0.2, 0) is 22.7 Å². The average Bonchev–Trinajstić information content (AvgIpc) is 2.96. The van der Waals surface area contributed by atoms with Crippen molar-refractivity contribution in [1.82, 2.24) is 14.9 Å². The molecule has 9 heteroatoms. The van der Waals surface area contributed by atoms with Crippen LogP contribution in [0.2, 0.25) is 0 Å². The van der Waals surface area contributed by atoms with E-state index in [4.69, 9.17) is 0 Å². The van der Waals surface area contributed by atoms with Crippen molar-refractivity contribution in [2.24, 2.45) is 0 Å². The molecule has 0 fully saturated rings. The van der Waals surface area contributed by atoms with E-state index in [1.807, 2.05) is 0 Å². The van der Waals surface area contributed by atoms with Gasteiger partial charge in [0.25, 0.3) is 0 Å². The molecule has 0 saturated heterocycles. The van der Waals surface area contributed by atoms with Crippen LogP contribution in [0.25, 0.3) is 0 Å². The number of aliphatic hydroxyl groups is 1. The van der Waals surface area contributed by atoms with Gasteiger partial charge in [-0.3, -0.25) is 9.59 Å². The first-order valence-electron chi connectivity index (χ1n) is 7.07. The second-order valence-electron chi connectivity index (χ2n) is 4.79. The van der Waals surface area contributed by atoms with Crippen LogP contribution in [0.3, 0.4) is 0 Å². The molecule has 0 unspecified atom stereocenters. The van der Waals surface area contributed by atoms with Crippen molar-refractivity contribution in [3.63, 3.8) is 0 Å². The number of halogens is 1. The third-order valence-corrected chi connectivity index (χ3v) is 4.10. The van der Waals surface area contributed by atoms with Crippen molar-refractivity contribution >= 4 is 29.3 Å². The van der Waals surface area contributed by atoms with Crippen LogP contribution in [0.5, 0.6) is 0 Å². The fraction of sp³-hybridized carbons (Fsp3) is 0.267. The van der Waals surface area contributed by atoms with Gasteiger partial charge in [-0.05, 0) is 24.3 Å². The van der Waals surface area contributed by atoms with Gasteiger partial charge in [0.2, 0.25) is 11.8 Å². The van der Waals surface area contributed by atoms with Crippen molar-refractivity contribution in [1.29, 1.82) is 0 Å². The van der Waals surface area contributed by atoms with Gasteiger partial charge in [-0.15, -0.1) is 0 Å². The van der Waals surface area contributed by atoms with E-state index in [2.05, 4.69) is 15.6 Å². The van der Waals surface area contributed by atoms with Gasteiger partial charge >= 0.3 is 0 Å². The maximum absolute atomic E-state index is 12.8. The highest BCUT2D eigenvalue weighted by molar-refractivity contribution is 7.99. The number of benzene rings is 1. The Balaban J connectivity index is 1.98. The predicted molar refractivity (Wildman–Crippen MR) is 88.0 cm³/mol. The van der Waals surface area contributed by atoms with Crippen LogP contribution in [0.15, 0.2) is 35.6 Å². The Morgan fingerprint density at radius 2 is 2.00 bits per heavy atom. The van der Waals surface area contributed by atoms with Gasteiger partial charge in [0.05, 0.1) is 24.3 Å². The number of nitrogens with zero attached hydrogens (tertiary/aromatic N) is 2. The lowest BCUT2D eigenvalue weighted by atomic mass is 10.3. The molecule has 1 aromatic carbocycles. The fourth-order valence-corrected chi connectivity index (χ4v) is 2.68. The zero-order valence-electron chi connectivity index (χ0n) is 13.0. The highest BCUT2D eigenvalue weighted by Crippen LogP contribution is 2.19. The summed E-state index contributed by atoms with van der Waals surface area (Å²) in [4.78, 5) is 27.6. The molecule has 0 aliphatic carbocycles. The maximum Gasteiger partial charge on any atom is 0.239 e. The summed E-state index contributed by atoms with van der Waals surface area (Å²) in [5, 5.41) is 14.9. The van der Waals surface area contributed by atoms with Crippen LogP contribution in [0, 0.1) is 5.82 Å². The number of hydrogen-bond acceptors (Lipinski definition) is 5. The summed E-state index contributed by atoms with van der Waals surface area (Å²) in [6.45, 7) is -0.249. The molecule has 1 aromatic heterocycles. The number of thioether (sulfide) groups is 1. The molecule has 3 N–H and O–H groups in total. The highest BCUT2D eigenvalue weighted by Gasteiger charge is 2.14. The Labute approximate surface area is 142 Å². The fourth-order valence-electron chi connectivity index (χ4n) is 1.89. The minimum absolute atomic E-state index is 0.00824. The summed E-state index contributed by atoms with van der Waals surface area (Å²) >= 11 is 1.14. The number of nitrogens with one attached hydrogen (secondary N) is 2. The van der Waals surface area contributed by atoms with Gasteiger partial charge in [-0.25, -0.2) is 9.37 Å². The third-order valence-electron chi connectivity index (χ3n) is 3.10. The van der Waals surface area contributed by atoms with Gasteiger partial charge in [-0.1, -0.05) is 11.8 Å². The van der Waals surface area contributed by atoms with E-state index in [0.717, 1.165) is 11.8 Å². The number of anilines is 1. The Kier molecular flexibility index (Phi) is 6.33. The lowest BCUT2D eigenvalue weighted by Crippen LogP contribution is -2.25. The Morgan fingerprint density at radius 1 is 1.29 bits per heavy atom. The van der Waals surface area contributed by atoms with Gasteiger partial charge in [0, 0.05) is 12.7 Å². The smallest absolute Gasteiger partial charge is 0.239 e. The van der Waals surface area contributed by atoms with E-state index in [1.165, 1.54) is 37.5 Å². The number of imidazole rings is 1. The molecule has 2 rings (SSSR count). The van der Waals surface area contributed by atoms with Crippen LogP contribution in [0.1, 0.15) is 5.69 Å². The Hall–Kier alpha value is -2.39. The van der Waals surface area contributed by atoms with E-state index < -0.39 is 0 Å². The van der Waals surface area contributed by atoms with E-state index >= 15 is 0 Å². The lowest BCUT2D eigenvalue weighted by Gasteiger charge is -2.10. The van der Waals surface area contributed by atoms with E-state index in [-0.39, 0.29) is 36.5 Å². The standard InChI is InChI=1S/C15H17FN4O3S/c1-17-13(22)7-20-12(8-21)6-18-15(20)24-9-14(23)19-11-4-2-10(16)3-5-11/h2-6,21H,7-9H2,1H3,(H,17,22)(H,19,23). The van der Waals surface area contributed by atoms with Crippen molar-refractivity contribution < 1.29 is 19.1 Å². The SMILES string of the molecule is CNC(=O)Cn1c(CO)cnc1SCC(=O)Nc1ccc(F)cc1. The summed E-state index contributed by atoms with van der Waals surface area (Å²) in [5.74, 6) is -0.838. The molecule has 0 aliphatic rings. The number of aliphatic hydroxyl groups excluding tert-OH is 1. The van der Waals surface area contributed by atoms with Gasteiger partial charge in [0.15, 0.2) is 5.16 Å². The molecular weight excluding hydrogens is 335 g/mol. The molecule has 0 aliphatic heterocycles. The Bertz CT molecular complexity index is 718. The molecule has 2 amide bonds. The van der Waals surface area contributed by atoms with Gasteiger partial charge in [0.1, 0.15) is 12.4 Å². The summed E-state index contributed by atoms with van der Waals surface area (Å²) in [7, 11) is 1.51. The van der Waals surface area contributed by atoms with Crippen LogP contribution >= 0.6 is 11.8 Å². The average molecular weight is 352 g/mol. The first-order valence-corrected chi connectivity index (χ1v) is 8.06. The van der Waals surface area contributed by atoms with Gasteiger partial charge < -0.3 is 20.3 Å². The summed E-state index contributed by atoms with van der Waals surface area (Å²) in [6, 6.07) is 5.45. The van der Waals surface area contributed by atoms with E-state index in [9.17, 15) is 19.1 Å². The molecule has 1 heterocycles. The van der Waals surface area contributed by atoms with Crippen molar-refractivity contribution in [2.75, 3.05) is 18.1 Å². The van der Waals surface area contributed by atoms with E-state index in [1.54, 1.807) is 4.57 Å². The number of likely N-dealkylation sites (N-methyl/N-ethyl adjacent to an activating group) is 1. The molecule has 2 aromatic rings. The minimum Gasteiger partial charge on any atom is -0.390 e. The summed E-state index contributed by atoms with van der Waals surface area (Å²) < 4.78 is 14.4. The van der Waals surface area contributed by atoms with E-state index in [0.29, 0.717) is 16.5 Å². The second kappa shape index (κ2) is 8.46. The molecule has 0 spiro atoms. The lowest BCUT2D eigenvalue weighted by molar-refractivity contribution is -0.121. The van der Waals surface area contributed by atoms with Crippen molar-refractivity contribution in [2.45, 2.75) is 18.3 Å². The van der Waals surface area contributed by atoms with Crippen LogP contribution in [-0.4, -0.2) is 39.3 Å². The molecule has 0 saturated carbocycles. The normalized spacial score (nSPS) is 10.5. The number of aromatic nitrogens is 2. The van der Waals surface area contributed by atoms with Gasteiger partial charge in [-0.2, -0.15) is 0 Å². The summed E-state index contributed by atoms with van der Waals surface area (Å²) in [6.07, 6.45) is 1.46. The number of carbonyl (C=O) groups is 2. The molecule has 7 nitrogen and oxygen atoms in total. The third kappa shape index (κ3) is 4.80. The molecule has 128 valence electrons. The number of carbonyl (C=O) groups excluding carboxylic acids is 2. The number of hydrogen-bond donors (Lipinski definition) is 3. The monoisotopic (exact) mass is 352 g/mol. The topological polar surface area (TPSA) is 96.2 Å². The molecule has 0 atom stereocenters. The number of rotatable bonds is 7. The predicted octanol–water partition coefficient (Wildman–Crippen LogP) is 0.991. The van der Waals surface area contributed by atoms with Crippen LogP contribution in [0.4, 0.5) is 10.1 Å². The quantitative estimate of drug-likeness (QED) is 0.646. The highest BCUT2D eigenvalue weighted by atomic mass is 32.2. The number of amides is 2. The second-order valence-corrected chi connectivity index (χ2v) is 5.74. The van der Waals surface area contributed by atoms with Crippen molar-refractivity contribution in [3.05, 3.63) is 42.0 Å². The zero-order valence-corrected chi connectivity index (χ0v) is 13.8. The largest absolute Gasteiger partial charge is 0.390 e. The molecular formula is C15H17FN4O3S. The first-order chi connectivity index (χ1) is 11.5. The molecule has 24 heavy (non-hydrogen) atoms. The Morgan fingerprint density at radius 3 is 2.62 bits per heavy atom. The van der Waals surface area contributed by atoms with Crippen LogP contribution < -0.4 is 10.6 Å². The zero-order chi connectivity index (χ0) is 17.5. The minimum atomic E-state index is -0.380. The first kappa shape index (κ1) is 18.0.